The normalized spacial score (nSPS) is 26.8. The highest BCUT2D eigenvalue weighted by Gasteiger charge is 2.53. The number of carbonyl (C=O) groups excluding carboxylic acids is 2. The van der Waals surface area contributed by atoms with Gasteiger partial charge in [0.05, 0.1) is 43.5 Å². The molecule has 0 saturated carbocycles. The molecule has 1 unspecified atom stereocenters. The predicted octanol–water partition coefficient (Wildman–Crippen LogP) is 5.37. The van der Waals surface area contributed by atoms with Crippen molar-refractivity contribution in [1.29, 1.82) is 5.26 Å². The highest BCUT2D eigenvalue weighted by molar-refractivity contribution is 7.47. The number of carbonyl (C=O) groups is 2. The topological polar surface area (TPSA) is 152 Å². The minimum atomic E-state index is -4.77. The SMILES string of the molecule is [C-]#[N+]c1ccc2c(c1)[C@@H](N1CCCC1=O)[C@H](OP(=O)(O)OCCO[C@H]1[C@H](N3CCCC3=O)c3cc(C#N)ccc3OC1(C)C)C(C)(C)O2. The zero-order valence-corrected chi connectivity index (χ0v) is 28.3. The van der Waals surface area contributed by atoms with E-state index in [1.54, 1.807) is 60.0 Å². The molecular formula is C34H39N4O9P. The van der Waals surface area contributed by atoms with Crippen LogP contribution < -0.4 is 9.47 Å². The molecular weight excluding hydrogens is 639 g/mol. The molecule has 254 valence electrons. The van der Waals surface area contributed by atoms with Crippen molar-refractivity contribution in [3.05, 3.63) is 64.5 Å². The molecule has 14 heteroatoms. The molecule has 0 spiro atoms. The van der Waals surface area contributed by atoms with Crippen LogP contribution in [0, 0.1) is 17.9 Å². The van der Waals surface area contributed by atoms with Crippen LogP contribution in [0.4, 0.5) is 5.69 Å². The van der Waals surface area contributed by atoms with Gasteiger partial charge in [-0.25, -0.2) is 9.41 Å². The second-order valence-corrected chi connectivity index (χ2v) is 14.9. The Labute approximate surface area is 279 Å². The number of hydrogen-bond donors (Lipinski definition) is 1. The Bertz CT molecular complexity index is 1750. The van der Waals surface area contributed by atoms with E-state index in [2.05, 4.69) is 10.9 Å². The number of ether oxygens (including phenoxy) is 3. The lowest BCUT2D eigenvalue weighted by Crippen LogP contribution is -2.55. The summed E-state index contributed by atoms with van der Waals surface area (Å²) in [4.78, 5) is 43.8. The van der Waals surface area contributed by atoms with Gasteiger partial charge in [0.2, 0.25) is 11.8 Å². The Hall–Kier alpha value is -3.97. The van der Waals surface area contributed by atoms with E-state index in [4.69, 9.17) is 29.8 Å². The van der Waals surface area contributed by atoms with Crippen LogP contribution in [0.3, 0.4) is 0 Å². The molecule has 4 aliphatic heterocycles. The molecule has 2 amide bonds. The molecule has 0 aromatic heterocycles. The zero-order chi connectivity index (χ0) is 34.4. The predicted molar refractivity (Wildman–Crippen MR) is 171 cm³/mol. The first-order chi connectivity index (χ1) is 22.7. The minimum absolute atomic E-state index is 0.0300. The third kappa shape index (κ3) is 6.41. The molecule has 48 heavy (non-hydrogen) atoms. The van der Waals surface area contributed by atoms with E-state index in [1.165, 1.54) is 0 Å². The van der Waals surface area contributed by atoms with Crippen LogP contribution in [0.15, 0.2) is 36.4 Å². The number of rotatable bonds is 9. The van der Waals surface area contributed by atoms with Gasteiger partial charge in [-0.05, 0) is 70.9 Å². The molecule has 2 fully saturated rings. The first-order valence-corrected chi connectivity index (χ1v) is 17.5. The second-order valence-electron chi connectivity index (χ2n) is 13.5. The average molecular weight is 679 g/mol. The number of phosphoric acid groups is 1. The molecule has 2 saturated heterocycles. The quantitative estimate of drug-likeness (QED) is 0.208. The smallest absolute Gasteiger partial charge is 0.472 e. The largest absolute Gasteiger partial charge is 0.485 e. The van der Waals surface area contributed by atoms with Crippen molar-refractivity contribution in [3.63, 3.8) is 0 Å². The maximum Gasteiger partial charge on any atom is 0.472 e. The zero-order valence-electron chi connectivity index (χ0n) is 27.4. The van der Waals surface area contributed by atoms with Gasteiger partial charge in [-0.15, -0.1) is 0 Å². The summed E-state index contributed by atoms with van der Waals surface area (Å²) in [6, 6.07) is 10.8. The number of hydrogen-bond acceptors (Lipinski definition) is 9. The standard InChI is InChI=1S/C34H39N4O9P/c1-33(2)31(29(37-14-6-8-27(37)39)23-18-21(20-35)10-12-25(23)45-33)43-16-17-44-48(41,42)47-32-30(38-15-7-9-28(38)40)24-19-22(36-5)11-13-26(24)46-34(32,3)4/h10-13,18-19,29-32H,6-9,14-17H2,1-4H3,(H,41,42)/t29-,30-,31+,32+/m1/s1. The number of amides is 2. The molecule has 6 rings (SSSR count). The fourth-order valence-electron chi connectivity index (χ4n) is 7.21. The molecule has 0 aliphatic carbocycles. The molecule has 0 bridgehead atoms. The van der Waals surface area contributed by atoms with Crippen LogP contribution in [-0.2, 0) is 27.9 Å². The summed E-state index contributed by atoms with van der Waals surface area (Å²) in [5.74, 6) is 0.865. The van der Waals surface area contributed by atoms with Gasteiger partial charge in [0, 0.05) is 37.1 Å². The highest BCUT2D eigenvalue weighted by atomic mass is 31.2. The number of benzene rings is 2. The van der Waals surface area contributed by atoms with Crippen LogP contribution in [0.2, 0.25) is 0 Å². The van der Waals surface area contributed by atoms with Gasteiger partial charge < -0.3 is 28.9 Å². The maximum absolute atomic E-state index is 13.5. The number of nitriles is 1. The van der Waals surface area contributed by atoms with Crippen molar-refractivity contribution >= 4 is 25.3 Å². The van der Waals surface area contributed by atoms with Crippen LogP contribution in [0.25, 0.3) is 4.85 Å². The summed E-state index contributed by atoms with van der Waals surface area (Å²) in [5.41, 5.74) is -0.131. The van der Waals surface area contributed by atoms with Crippen LogP contribution in [-0.4, -0.2) is 76.2 Å². The summed E-state index contributed by atoms with van der Waals surface area (Å²) in [6.07, 6.45) is 0.236. The van der Waals surface area contributed by atoms with E-state index in [0.717, 1.165) is 0 Å². The molecule has 0 radical (unpaired) electrons. The molecule has 4 aliphatic rings. The van der Waals surface area contributed by atoms with Gasteiger partial charge in [-0.1, -0.05) is 6.07 Å². The third-order valence-corrected chi connectivity index (χ3v) is 10.4. The molecule has 2 aromatic rings. The number of phosphoric ester groups is 1. The lowest BCUT2D eigenvalue weighted by molar-refractivity contribution is -0.150. The van der Waals surface area contributed by atoms with Crippen LogP contribution >= 0.6 is 7.82 Å². The Morgan fingerprint density at radius 3 is 2.06 bits per heavy atom. The van der Waals surface area contributed by atoms with E-state index in [-0.39, 0.29) is 25.0 Å². The van der Waals surface area contributed by atoms with E-state index in [1.807, 2.05) is 13.8 Å². The molecule has 5 atom stereocenters. The second kappa shape index (κ2) is 12.8. The fourth-order valence-corrected chi connectivity index (χ4v) is 8.23. The first-order valence-electron chi connectivity index (χ1n) is 16.0. The molecule has 2 aromatic carbocycles. The monoisotopic (exact) mass is 678 g/mol. The summed E-state index contributed by atoms with van der Waals surface area (Å²) in [5, 5.41) is 9.55. The lowest BCUT2D eigenvalue weighted by Gasteiger charge is -2.47. The summed E-state index contributed by atoms with van der Waals surface area (Å²) in [7, 11) is -4.77. The Kier molecular flexibility index (Phi) is 9.05. The molecule has 13 nitrogen and oxygen atoms in total. The number of likely N-dealkylation sites (tertiary alicyclic amines) is 2. The molecule has 4 heterocycles. The van der Waals surface area contributed by atoms with Gasteiger partial charge in [0.1, 0.15) is 34.9 Å². The van der Waals surface area contributed by atoms with E-state index < -0.39 is 43.3 Å². The van der Waals surface area contributed by atoms with E-state index >= 15 is 0 Å². The fraction of sp³-hybridized carbons (Fsp3) is 0.529. The Morgan fingerprint density at radius 1 is 0.938 bits per heavy atom. The van der Waals surface area contributed by atoms with Crippen molar-refractivity contribution in [3.8, 4) is 17.6 Å². The van der Waals surface area contributed by atoms with Crippen LogP contribution in [0.5, 0.6) is 11.5 Å². The summed E-state index contributed by atoms with van der Waals surface area (Å²) >= 11 is 0. The number of fused-ring (bicyclic) bond motifs is 2. The van der Waals surface area contributed by atoms with Gasteiger partial charge >= 0.3 is 7.82 Å². The van der Waals surface area contributed by atoms with Crippen LogP contribution in [0.1, 0.15) is 82.2 Å². The van der Waals surface area contributed by atoms with Crippen molar-refractivity contribution in [2.45, 2.75) is 88.9 Å². The Morgan fingerprint density at radius 2 is 1.50 bits per heavy atom. The van der Waals surface area contributed by atoms with Gasteiger partial charge in [0.15, 0.2) is 5.69 Å². The molecule has 1 N–H and O–H groups in total. The van der Waals surface area contributed by atoms with Crippen molar-refractivity contribution in [1.82, 2.24) is 9.80 Å². The maximum atomic E-state index is 13.5. The van der Waals surface area contributed by atoms with Gasteiger partial charge in [-0.3, -0.25) is 18.6 Å². The van der Waals surface area contributed by atoms with E-state index in [0.29, 0.717) is 72.6 Å². The lowest BCUT2D eigenvalue weighted by atomic mass is 9.84. The minimum Gasteiger partial charge on any atom is -0.485 e. The van der Waals surface area contributed by atoms with Crippen molar-refractivity contribution in [2.24, 2.45) is 0 Å². The number of nitrogens with zero attached hydrogens (tertiary/aromatic N) is 4. The third-order valence-electron chi connectivity index (χ3n) is 9.36. The first kappa shape index (κ1) is 33.9. The Balaban J connectivity index is 1.20. The van der Waals surface area contributed by atoms with Crippen molar-refractivity contribution in [2.75, 3.05) is 26.3 Å². The summed E-state index contributed by atoms with van der Waals surface area (Å²) < 4.78 is 43.6. The summed E-state index contributed by atoms with van der Waals surface area (Å²) in [6.45, 7) is 15.0. The highest BCUT2D eigenvalue weighted by Crippen LogP contribution is 2.54. The van der Waals surface area contributed by atoms with Gasteiger partial charge in [0.25, 0.3) is 0 Å². The van der Waals surface area contributed by atoms with Gasteiger partial charge in [-0.2, -0.15) is 5.26 Å². The van der Waals surface area contributed by atoms with Crippen molar-refractivity contribution < 1.29 is 42.3 Å². The average Bonchev–Trinajstić information content (AvgIpc) is 3.66. The van der Waals surface area contributed by atoms with E-state index in [9.17, 15) is 24.3 Å².